The van der Waals surface area contributed by atoms with Crippen molar-refractivity contribution >= 4 is 11.5 Å². The van der Waals surface area contributed by atoms with Crippen LogP contribution < -0.4 is 5.73 Å². The first kappa shape index (κ1) is 13.5. The van der Waals surface area contributed by atoms with Crippen LogP contribution in [0.2, 0.25) is 0 Å². The third kappa shape index (κ3) is 2.59. The van der Waals surface area contributed by atoms with E-state index < -0.39 is 17.6 Å². The number of ether oxygens (including phenoxy) is 1. The molecule has 0 heterocycles. The van der Waals surface area contributed by atoms with Gasteiger partial charge in [-0.05, 0) is 17.2 Å². The number of aliphatic carboxylic acids is 1. The number of allylic oxidation sites excluding steroid dienone is 2. The lowest BCUT2D eigenvalue weighted by Crippen LogP contribution is -2.53. The summed E-state index contributed by atoms with van der Waals surface area (Å²) >= 11 is 0. The quantitative estimate of drug-likeness (QED) is 0.865. The molecule has 1 aliphatic rings. The van der Waals surface area contributed by atoms with Crippen LogP contribution in [0.3, 0.4) is 0 Å². The minimum Gasteiger partial charge on any atom is -0.480 e. The van der Waals surface area contributed by atoms with E-state index in [0.717, 1.165) is 11.1 Å². The van der Waals surface area contributed by atoms with E-state index in [1.165, 1.54) is 7.11 Å². The zero-order chi connectivity index (χ0) is 13.9. The molecule has 0 fully saturated rings. The number of carboxylic acids is 1. The van der Waals surface area contributed by atoms with E-state index in [1.807, 2.05) is 42.5 Å². The van der Waals surface area contributed by atoms with E-state index in [0.29, 0.717) is 6.42 Å². The molecule has 2 rings (SSSR count). The van der Waals surface area contributed by atoms with Crippen LogP contribution in [0.15, 0.2) is 48.6 Å². The summed E-state index contributed by atoms with van der Waals surface area (Å²) in [7, 11) is 1.48. The Bertz CT molecular complexity index is 521. The third-order valence-electron chi connectivity index (χ3n) is 3.47. The second kappa shape index (κ2) is 5.38. The van der Waals surface area contributed by atoms with Crippen molar-refractivity contribution in [3.63, 3.8) is 0 Å². The number of carbonyl (C=O) groups is 1. The van der Waals surface area contributed by atoms with Crippen molar-refractivity contribution < 1.29 is 14.6 Å². The van der Waals surface area contributed by atoms with Gasteiger partial charge in [-0.15, -0.1) is 0 Å². The first-order chi connectivity index (χ1) is 9.09. The van der Waals surface area contributed by atoms with Crippen molar-refractivity contribution in [3.8, 4) is 0 Å². The fourth-order valence-corrected chi connectivity index (χ4v) is 2.20. The maximum Gasteiger partial charge on any atom is 0.323 e. The average Bonchev–Trinajstić information content (AvgIpc) is 2.47. The van der Waals surface area contributed by atoms with Gasteiger partial charge in [-0.1, -0.05) is 42.5 Å². The van der Waals surface area contributed by atoms with Gasteiger partial charge in [0.05, 0.1) is 0 Å². The summed E-state index contributed by atoms with van der Waals surface area (Å²) in [5, 5.41) is 9.05. The van der Waals surface area contributed by atoms with Gasteiger partial charge in [0, 0.05) is 13.5 Å². The monoisotopic (exact) mass is 259 g/mol. The van der Waals surface area contributed by atoms with Crippen LogP contribution >= 0.6 is 0 Å². The number of rotatable bonds is 4. The molecule has 0 amide bonds. The van der Waals surface area contributed by atoms with Crippen molar-refractivity contribution in [2.75, 3.05) is 7.11 Å². The van der Waals surface area contributed by atoms with E-state index in [-0.39, 0.29) is 0 Å². The summed E-state index contributed by atoms with van der Waals surface area (Å²) in [6, 6.07) is 8.81. The summed E-state index contributed by atoms with van der Waals surface area (Å²) < 4.78 is 5.35. The summed E-state index contributed by atoms with van der Waals surface area (Å²) in [5.74, 6) is -1.07. The Morgan fingerprint density at radius 1 is 1.42 bits per heavy atom. The molecule has 1 aliphatic carbocycles. The molecule has 0 aromatic heterocycles. The summed E-state index contributed by atoms with van der Waals surface area (Å²) in [6.07, 6.45) is 6.01. The predicted molar refractivity (Wildman–Crippen MR) is 73.5 cm³/mol. The van der Waals surface area contributed by atoms with Crippen LogP contribution in [0.4, 0.5) is 0 Å². The van der Waals surface area contributed by atoms with Crippen LogP contribution in [-0.4, -0.2) is 29.8 Å². The Kier molecular flexibility index (Phi) is 3.83. The molecule has 0 saturated carbocycles. The molecule has 0 saturated heterocycles. The van der Waals surface area contributed by atoms with Gasteiger partial charge in [0.2, 0.25) is 0 Å². The molecule has 0 radical (unpaired) electrons. The zero-order valence-electron chi connectivity index (χ0n) is 10.7. The van der Waals surface area contributed by atoms with Gasteiger partial charge >= 0.3 is 5.97 Å². The van der Waals surface area contributed by atoms with Gasteiger partial charge in [0.15, 0.2) is 0 Å². The largest absolute Gasteiger partial charge is 0.480 e. The second-order valence-electron chi connectivity index (χ2n) is 4.54. The minimum absolute atomic E-state index is 0.442. The molecule has 0 bridgehead atoms. The smallest absolute Gasteiger partial charge is 0.323 e. The van der Waals surface area contributed by atoms with Crippen molar-refractivity contribution in [3.05, 3.63) is 54.1 Å². The molecule has 2 unspecified atom stereocenters. The Hall–Kier alpha value is -1.91. The van der Waals surface area contributed by atoms with E-state index >= 15 is 0 Å². The maximum absolute atomic E-state index is 11.1. The number of benzene rings is 1. The molecular formula is C15H17NO3. The number of carboxylic acid groups (broad SMARTS) is 1. The Morgan fingerprint density at radius 3 is 2.58 bits per heavy atom. The van der Waals surface area contributed by atoms with Crippen LogP contribution in [0.5, 0.6) is 0 Å². The molecule has 100 valence electrons. The number of hydrogen-bond donors (Lipinski definition) is 2. The highest BCUT2D eigenvalue weighted by atomic mass is 16.5. The second-order valence-corrected chi connectivity index (χ2v) is 4.54. The fourth-order valence-electron chi connectivity index (χ4n) is 2.20. The Balaban J connectivity index is 2.24. The lowest BCUT2D eigenvalue weighted by Gasteiger charge is -2.34. The molecule has 4 heteroatoms. The molecule has 1 aromatic carbocycles. The number of nitrogens with two attached hydrogens (primary N) is 1. The first-order valence-corrected chi connectivity index (χ1v) is 6.07. The predicted octanol–water partition coefficient (Wildman–Crippen LogP) is 1.83. The van der Waals surface area contributed by atoms with E-state index in [1.54, 1.807) is 6.08 Å². The minimum atomic E-state index is -1.08. The van der Waals surface area contributed by atoms with Gasteiger partial charge < -0.3 is 15.6 Å². The molecule has 19 heavy (non-hydrogen) atoms. The number of methoxy groups -OCH3 is 1. The highest BCUT2D eigenvalue weighted by molar-refractivity contribution is 5.79. The van der Waals surface area contributed by atoms with Crippen molar-refractivity contribution in [1.82, 2.24) is 0 Å². The summed E-state index contributed by atoms with van der Waals surface area (Å²) in [6.45, 7) is 0. The maximum atomic E-state index is 11.1. The summed E-state index contributed by atoms with van der Waals surface area (Å²) in [5.41, 5.74) is 6.88. The molecule has 1 aromatic rings. The number of hydrogen-bond acceptors (Lipinski definition) is 3. The SMILES string of the molecule is COC1(C(N)C(=O)O)C=CC(c2ccccc2)=CC1. The standard InChI is InChI=1S/C15H17NO3/c1-19-15(13(16)14(17)18)9-7-12(8-10-15)11-5-3-2-4-6-11/h2-9,13H,10,16H2,1H3,(H,17,18). The molecule has 2 atom stereocenters. The van der Waals surface area contributed by atoms with Crippen LogP contribution in [0.1, 0.15) is 12.0 Å². The van der Waals surface area contributed by atoms with E-state index in [9.17, 15) is 4.79 Å². The molecule has 3 N–H and O–H groups in total. The highest BCUT2D eigenvalue weighted by Gasteiger charge is 2.39. The normalized spacial score (nSPS) is 23.8. The van der Waals surface area contributed by atoms with Gasteiger partial charge in [-0.25, -0.2) is 0 Å². The van der Waals surface area contributed by atoms with Crippen molar-refractivity contribution in [1.29, 1.82) is 0 Å². The van der Waals surface area contributed by atoms with Crippen LogP contribution in [0, 0.1) is 0 Å². The lowest BCUT2D eigenvalue weighted by atomic mass is 9.84. The average molecular weight is 259 g/mol. The zero-order valence-corrected chi connectivity index (χ0v) is 10.7. The topological polar surface area (TPSA) is 72.5 Å². The summed E-state index contributed by atoms with van der Waals surface area (Å²) in [4.78, 5) is 11.1. The lowest BCUT2D eigenvalue weighted by molar-refractivity contribution is -0.144. The molecular weight excluding hydrogens is 242 g/mol. The van der Waals surface area contributed by atoms with Gasteiger partial charge in [-0.3, -0.25) is 4.79 Å². The van der Waals surface area contributed by atoms with Gasteiger partial charge in [0.25, 0.3) is 0 Å². The Morgan fingerprint density at radius 2 is 2.11 bits per heavy atom. The van der Waals surface area contributed by atoms with Crippen molar-refractivity contribution in [2.24, 2.45) is 5.73 Å². The molecule has 0 aliphatic heterocycles. The van der Waals surface area contributed by atoms with Crippen LogP contribution in [0.25, 0.3) is 5.57 Å². The van der Waals surface area contributed by atoms with Crippen LogP contribution in [-0.2, 0) is 9.53 Å². The van der Waals surface area contributed by atoms with Gasteiger partial charge in [-0.2, -0.15) is 0 Å². The van der Waals surface area contributed by atoms with E-state index in [4.69, 9.17) is 15.6 Å². The van der Waals surface area contributed by atoms with Crippen molar-refractivity contribution in [2.45, 2.75) is 18.1 Å². The van der Waals surface area contributed by atoms with E-state index in [2.05, 4.69) is 0 Å². The first-order valence-electron chi connectivity index (χ1n) is 6.07. The fraction of sp³-hybridized carbons (Fsp3) is 0.267. The highest BCUT2D eigenvalue weighted by Crippen LogP contribution is 2.31. The third-order valence-corrected chi connectivity index (χ3v) is 3.47. The molecule has 4 nitrogen and oxygen atoms in total. The Labute approximate surface area is 112 Å². The van der Waals surface area contributed by atoms with Gasteiger partial charge in [0.1, 0.15) is 11.6 Å². The molecule has 0 spiro atoms.